The van der Waals surface area contributed by atoms with Crippen LogP contribution in [0.25, 0.3) is 0 Å². The van der Waals surface area contributed by atoms with Crippen molar-refractivity contribution in [2.75, 3.05) is 0 Å². The van der Waals surface area contributed by atoms with Gasteiger partial charge >= 0.3 is 5.97 Å². The number of aromatic carboxylic acids is 1. The number of rotatable bonds is 5. The molecule has 2 rings (SSSR count). The number of hydrogen-bond donors (Lipinski definition) is 1. The van der Waals surface area contributed by atoms with Crippen LogP contribution in [-0.2, 0) is 6.61 Å². The Morgan fingerprint density at radius 3 is 2.48 bits per heavy atom. The van der Waals surface area contributed by atoms with E-state index in [0.717, 1.165) is 5.56 Å². The monoisotopic (exact) mass is 286 g/mol. The Kier molecular flexibility index (Phi) is 4.27. The van der Waals surface area contributed by atoms with Gasteiger partial charge in [-0.15, -0.1) is 0 Å². The topological polar surface area (TPSA) is 89.4 Å². The van der Waals surface area contributed by atoms with Gasteiger partial charge in [-0.3, -0.25) is 4.79 Å². The number of aromatic nitrogens is 2. The van der Waals surface area contributed by atoms with Gasteiger partial charge in [0.2, 0.25) is 0 Å². The molecule has 0 unspecified atom stereocenters. The largest absolute Gasteiger partial charge is 0.486 e. The van der Waals surface area contributed by atoms with Gasteiger partial charge in [-0.25, -0.2) is 14.8 Å². The number of carbonyl (C=O) groups is 2. The summed E-state index contributed by atoms with van der Waals surface area (Å²) in [5, 5.41) is 9.07. The molecule has 2 aromatic rings. The van der Waals surface area contributed by atoms with E-state index in [-0.39, 0.29) is 23.7 Å². The molecule has 0 aliphatic rings. The van der Waals surface area contributed by atoms with Crippen molar-refractivity contribution in [3.63, 3.8) is 0 Å². The molecule has 0 radical (unpaired) electrons. The minimum Gasteiger partial charge on any atom is -0.486 e. The van der Waals surface area contributed by atoms with E-state index >= 15 is 0 Å². The molecular weight excluding hydrogens is 272 g/mol. The number of hydrogen-bond acceptors (Lipinski definition) is 5. The van der Waals surface area contributed by atoms with Crippen LogP contribution in [0.3, 0.4) is 0 Å². The molecule has 108 valence electrons. The first-order chi connectivity index (χ1) is 9.97. The van der Waals surface area contributed by atoms with E-state index in [9.17, 15) is 9.59 Å². The third kappa shape index (κ3) is 3.62. The van der Waals surface area contributed by atoms with Crippen molar-refractivity contribution in [2.24, 2.45) is 0 Å². The van der Waals surface area contributed by atoms with Gasteiger partial charge in [0.1, 0.15) is 12.4 Å². The lowest BCUT2D eigenvalue weighted by molar-refractivity contribution is 0.0684. The zero-order valence-corrected chi connectivity index (χ0v) is 11.7. The van der Waals surface area contributed by atoms with Gasteiger partial charge < -0.3 is 9.84 Å². The second-order valence-corrected chi connectivity index (χ2v) is 4.51. The zero-order chi connectivity index (χ0) is 15.4. The molecule has 0 aliphatic carbocycles. The molecule has 0 spiro atoms. The van der Waals surface area contributed by atoms with Crippen LogP contribution in [0.2, 0.25) is 0 Å². The predicted octanol–water partition coefficient (Wildman–Crippen LogP) is 2.26. The van der Waals surface area contributed by atoms with Crippen LogP contribution < -0.4 is 4.74 Å². The summed E-state index contributed by atoms with van der Waals surface area (Å²) in [5.41, 5.74) is 0.791. The lowest BCUT2D eigenvalue weighted by atomic mass is 10.1. The summed E-state index contributed by atoms with van der Waals surface area (Å²) in [7, 11) is 0. The number of benzene rings is 1. The van der Waals surface area contributed by atoms with Crippen LogP contribution in [0.5, 0.6) is 5.75 Å². The standard InChI is InChI=1S/C15H14N2O4/c1-9-3-5-11(6-4-9)21-8-13-16-7-12(10(2)18)14(17-13)15(19)20/h3-7H,8H2,1-2H3,(H,19,20). The fourth-order valence-corrected chi connectivity index (χ4v) is 1.69. The highest BCUT2D eigenvalue weighted by Crippen LogP contribution is 2.13. The van der Waals surface area contributed by atoms with Gasteiger partial charge in [0.05, 0.1) is 5.56 Å². The number of aryl methyl sites for hydroxylation is 1. The Balaban J connectivity index is 2.17. The molecule has 0 saturated heterocycles. The van der Waals surface area contributed by atoms with Crippen molar-refractivity contribution in [3.8, 4) is 5.75 Å². The number of ether oxygens (including phenoxy) is 1. The van der Waals surface area contributed by atoms with E-state index in [1.165, 1.54) is 13.1 Å². The van der Waals surface area contributed by atoms with Gasteiger partial charge in [-0.1, -0.05) is 17.7 Å². The molecular formula is C15H14N2O4. The average molecular weight is 286 g/mol. The van der Waals surface area contributed by atoms with E-state index in [1.54, 1.807) is 12.1 Å². The highest BCUT2D eigenvalue weighted by Gasteiger charge is 2.17. The summed E-state index contributed by atoms with van der Waals surface area (Å²) in [6, 6.07) is 7.41. The fraction of sp³-hybridized carbons (Fsp3) is 0.200. The number of carboxylic acid groups (broad SMARTS) is 1. The third-order valence-electron chi connectivity index (χ3n) is 2.81. The summed E-state index contributed by atoms with van der Waals surface area (Å²) in [5.74, 6) is -0.813. The molecule has 1 aromatic carbocycles. The molecule has 0 aliphatic heterocycles. The van der Waals surface area contributed by atoms with Gasteiger partial charge in [0.15, 0.2) is 17.3 Å². The van der Waals surface area contributed by atoms with E-state index in [4.69, 9.17) is 9.84 Å². The van der Waals surface area contributed by atoms with Crippen molar-refractivity contribution in [3.05, 3.63) is 53.1 Å². The van der Waals surface area contributed by atoms with Crippen LogP contribution >= 0.6 is 0 Å². The molecule has 0 saturated carbocycles. The highest BCUT2D eigenvalue weighted by molar-refractivity contribution is 6.03. The summed E-state index contributed by atoms with van der Waals surface area (Å²) < 4.78 is 5.48. The molecule has 1 N–H and O–H groups in total. The first kappa shape index (κ1) is 14.6. The van der Waals surface area contributed by atoms with E-state index < -0.39 is 11.8 Å². The molecule has 0 amide bonds. The third-order valence-corrected chi connectivity index (χ3v) is 2.81. The maximum atomic E-state index is 11.3. The van der Waals surface area contributed by atoms with Crippen molar-refractivity contribution < 1.29 is 19.4 Å². The van der Waals surface area contributed by atoms with Gasteiger partial charge in [-0.2, -0.15) is 0 Å². The van der Waals surface area contributed by atoms with Gasteiger partial charge in [0.25, 0.3) is 0 Å². The van der Waals surface area contributed by atoms with Crippen LogP contribution in [0.15, 0.2) is 30.5 Å². The number of carbonyl (C=O) groups excluding carboxylic acids is 1. The lowest BCUT2D eigenvalue weighted by Gasteiger charge is -2.07. The van der Waals surface area contributed by atoms with Crippen molar-refractivity contribution in [2.45, 2.75) is 20.5 Å². The SMILES string of the molecule is CC(=O)c1cnc(COc2ccc(C)cc2)nc1C(=O)O. The molecule has 1 aromatic heterocycles. The minimum atomic E-state index is -1.26. The molecule has 0 fully saturated rings. The van der Waals surface area contributed by atoms with Crippen molar-refractivity contribution in [1.29, 1.82) is 0 Å². The maximum Gasteiger partial charge on any atom is 0.355 e. The van der Waals surface area contributed by atoms with Gasteiger partial charge in [0, 0.05) is 6.20 Å². The number of nitrogens with zero attached hydrogens (tertiary/aromatic N) is 2. The van der Waals surface area contributed by atoms with Crippen LogP contribution in [0.1, 0.15) is 39.2 Å². The van der Waals surface area contributed by atoms with Crippen LogP contribution in [0.4, 0.5) is 0 Å². The molecule has 6 nitrogen and oxygen atoms in total. The quantitative estimate of drug-likeness (QED) is 0.848. The first-order valence-corrected chi connectivity index (χ1v) is 6.27. The zero-order valence-electron chi connectivity index (χ0n) is 11.7. The Bertz CT molecular complexity index is 681. The Morgan fingerprint density at radius 1 is 1.24 bits per heavy atom. The predicted molar refractivity (Wildman–Crippen MR) is 74.5 cm³/mol. The molecule has 21 heavy (non-hydrogen) atoms. The van der Waals surface area contributed by atoms with Crippen LogP contribution in [0, 0.1) is 6.92 Å². The van der Waals surface area contributed by atoms with E-state index in [0.29, 0.717) is 5.75 Å². The van der Waals surface area contributed by atoms with E-state index in [1.807, 2.05) is 19.1 Å². The molecule has 1 heterocycles. The highest BCUT2D eigenvalue weighted by atomic mass is 16.5. The normalized spacial score (nSPS) is 10.2. The summed E-state index contributed by atoms with van der Waals surface area (Å²) in [6.07, 6.45) is 1.21. The Hall–Kier alpha value is -2.76. The van der Waals surface area contributed by atoms with Crippen molar-refractivity contribution in [1.82, 2.24) is 9.97 Å². The fourth-order valence-electron chi connectivity index (χ4n) is 1.69. The molecule has 0 atom stereocenters. The first-order valence-electron chi connectivity index (χ1n) is 6.27. The molecule has 0 bridgehead atoms. The second kappa shape index (κ2) is 6.13. The maximum absolute atomic E-state index is 11.3. The minimum absolute atomic E-state index is 0.0124. The summed E-state index contributed by atoms with van der Waals surface area (Å²) >= 11 is 0. The van der Waals surface area contributed by atoms with Crippen molar-refractivity contribution >= 4 is 11.8 Å². The summed E-state index contributed by atoms with van der Waals surface area (Å²) in [6.45, 7) is 3.27. The molecule has 6 heteroatoms. The van der Waals surface area contributed by atoms with Gasteiger partial charge in [-0.05, 0) is 26.0 Å². The smallest absolute Gasteiger partial charge is 0.355 e. The number of Topliss-reactive ketones (excluding diaryl/α,β-unsaturated/α-hetero) is 1. The number of ketones is 1. The second-order valence-electron chi connectivity index (χ2n) is 4.51. The van der Waals surface area contributed by atoms with Crippen LogP contribution in [-0.4, -0.2) is 26.8 Å². The van der Waals surface area contributed by atoms with E-state index in [2.05, 4.69) is 9.97 Å². The number of carboxylic acids is 1. The average Bonchev–Trinajstić information content (AvgIpc) is 2.46. The lowest BCUT2D eigenvalue weighted by Crippen LogP contribution is -2.13. The summed E-state index contributed by atoms with van der Waals surface area (Å²) in [4.78, 5) is 30.3. The Morgan fingerprint density at radius 2 is 1.90 bits per heavy atom. The Labute approximate surface area is 121 Å².